The van der Waals surface area contributed by atoms with Gasteiger partial charge in [-0.15, -0.1) is 11.3 Å². The molecule has 0 aliphatic carbocycles. The second-order valence-corrected chi connectivity index (χ2v) is 7.60. The Kier molecular flexibility index (Phi) is 5.00. The molecule has 0 radical (unpaired) electrons. The number of ether oxygens (including phenoxy) is 1. The molecule has 1 aromatic carbocycles. The highest BCUT2D eigenvalue weighted by atomic mass is 35.5. The third-order valence-electron chi connectivity index (χ3n) is 3.55. The van der Waals surface area contributed by atoms with Gasteiger partial charge in [0.25, 0.3) is 5.56 Å². The summed E-state index contributed by atoms with van der Waals surface area (Å²) in [4.78, 5) is 13.1. The predicted molar refractivity (Wildman–Crippen MR) is 93.8 cm³/mol. The van der Waals surface area contributed by atoms with Crippen molar-refractivity contribution in [2.75, 3.05) is 6.61 Å². The van der Waals surface area contributed by atoms with E-state index in [1.807, 2.05) is 0 Å². The maximum Gasteiger partial charge on any atom is 0.253 e. The van der Waals surface area contributed by atoms with E-state index < -0.39 is 0 Å². The Balaban J connectivity index is 1.98. The zero-order valence-electron chi connectivity index (χ0n) is 11.6. The summed E-state index contributed by atoms with van der Waals surface area (Å²) >= 11 is 18.9. The molecule has 1 aromatic heterocycles. The van der Waals surface area contributed by atoms with Gasteiger partial charge in [-0.1, -0.05) is 29.3 Å². The maximum absolute atomic E-state index is 12.4. The zero-order valence-corrected chi connectivity index (χ0v) is 14.7. The molecular formula is C15H13Cl2NO2S2. The van der Waals surface area contributed by atoms with Crippen LogP contribution in [0.15, 0.2) is 29.1 Å². The average Bonchev–Trinajstić information content (AvgIpc) is 2.95. The lowest BCUT2D eigenvalue weighted by Gasteiger charge is -2.12. The van der Waals surface area contributed by atoms with E-state index in [4.69, 9.17) is 40.2 Å². The van der Waals surface area contributed by atoms with Crippen LogP contribution in [-0.2, 0) is 11.3 Å². The summed E-state index contributed by atoms with van der Waals surface area (Å²) in [6.45, 7) is 1.27. The molecule has 0 amide bonds. The first-order valence-electron chi connectivity index (χ1n) is 6.86. The molecule has 1 aliphatic heterocycles. The van der Waals surface area contributed by atoms with Crippen LogP contribution in [0.1, 0.15) is 12.8 Å². The van der Waals surface area contributed by atoms with Crippen LogP contribution < -0.4 is 5.56 Å². The van der Waals surface area contributed by atoms with Gasteiger partial charge >= 0.3 is 0 Å². The van der Waals surface area contributed by atoms with Crippen LogP contribution in [-0.4, -0.2) is 17.3 Å². The van der Waals surface area contributed by atoms with Gasteiger partial charge in [0.15, 0.2) is 3.95 Å². The van der Waals surface area contributed by atoms with Crippen molar-refractivity contribution in [2.45, 2.75) is 25.5 Å². The number of hydrogen-bond acceptors (Lipinski definition) is 4. The van der Waals surface area contributed by atoms with Gasteiger partial charge < -0.3 is 4.74 Å². The van der Waals surface area contributed by atoms with Crippen molar-refractivity contribution in [1.29, 1.82) is 0 Å². The molecule has 22 heavy (non-hydrogen) atoms. The molecule has 116 valence electrons. The van der Waals surface area contributed by atoms with Crippen molar-refractivity contribution in [1.82, 2.24) is 4.57 Å². The minimum Gasteiger partial charge on any atom is -0.376 e. The van der Waals surface area contributed by atoms with Crippen molar-refractivity contribution in [3.05, 3.63) is 48.6 Å². The quantitative estimate of drug-likeness (QED) is 0.724. The van der Waals surface area contributed by atoms with Crippen LogP contribution in [0.5, 0.6) is 0 Å². The number of aromatic nitrogens is 1. The second-order valence-electron chi connectivity index (χ2n) is 5.08. The summed E-state index contributed by atoms with van der Waals surface area (Å²) < 4.78 is 7.71. The minimum absolute atomic E-state index is 0.0802. The summed E-state index contributed by atoms with van der Waals surface area (Å²) in [6.07, 6.45) is 2.08. The highest BCUT2D eigenvalue weighted by molar-refractivity contribution is 7.73. The first kappa shape index (κ1) is 16.1. The van der Waals surface area contributed by atoms with E-state index in [2.05, 4.69) is 0 Å². The Morgan fingerprint density at radius 3 is 2.82 bits per heavy atom. The lowest BCUT2D eigenvalue weighted by molar-refractivity contribution is 0.0961. The average molecular weight is 374 g/mol. The third kappa shape index (κ3) is 3.44. The van der Waals surface area contributed by atoms with E-state index in [1.165, 1.54) is 11.3 Å². The summed E-state index contributed by atoms with van der Waals surface area (Å²) in [7, 11) is 0. The number of rotatable bonds is 3. The van der Waals surface area contributed by atoms with Crippen LogP contribution in [0.25, 0.3) is 10.4 Å². The van der Waals surface area contributed by atoms with E-state index in [0.29, 0.717) is 20.5 Å². The van der Waals surface area contributed by atoms with Crippen molar-refractivity contribution in [2.24, 2.45) is 0 Å². The Morgan fingerprint density at radius 2 is 2.18 bits per heavy atom. The highest BCUT2D eigenvalue weighted by Crippen LogP contribution is 2.32. The van der Waals surface area contributed by atoms with Gasteiger partial charge in [0.1, 0.15) is 0 Å². The normalized spacial score (nSPS) is 17.8. The second kappa shape index (κ2) is 6.81. The molecule has 1 fully saturated rings. The molecular weight excluding hydrogens is 361 g/mol. The molecule has 2 heterocycles. The van der Waals surface area contributed by atoms with Gasteiger partial charge in [-0.25, -0.2) is 0 Å². The van der Waals surface area contributed by atoms with Crippen molar-refractivity contribution < 1.29 is 4.74 Å². The van der Waals surface area contributed by atoms with Crippen molar-refractivity contribution in [3.8, 4) is 10.4 Å². The molecule has 2 aromatic rings. The van der Waals surface area contributed by atoms with Gasteiger partial charge in [-0.05, 0) is 37.2 Å². The van der Waals surface area contributed by atoms with Crippen LogP contribution in [0.3, 0.4) is 0 Å². The first-order chi connectivity index (χ1) is 10.5. The molecule has 1 saturated heterocycles. The molecule has 1 aliphatic rings. The molecule has 0 spiro atoms. The van der Waals surface area contributed by atoms with Crippen LogP contribution >= 0.6 is 46.8 Å². The molecule has 1 unspecified atom stereocenters. The summed E-state index contributed by atoms with van der Waals surface area (Å²) in [5.41, 5.74) is 0.642. The maximum atomic E-state index is 12.4. The predicted octanol–water partition coefficient (Wildman–Crippen LogP) is 4.79. The number of halogens is 2. The largest absolute Gasteiger partial charge is 0.376 e. The van der Waals surface area contributed by atoms with Gasteiger partial charge in [-0.3, -0.25) is 9.36 Å². The summed E-state index contributed by atoms with van der Waals surface area (Å²) in [5.74, 6) is 0. The summed E-state index contributed by atoms with van der Waals surface area (Å²) in [6, 6.07) is 6.78. The Bertz CT molecular complexity index is 779. The lowest BCUT2D eigenvalue weighted by atomic mass is 10.2. The minimum atomic E-state index is -0.125. The van der Waals surface area contributed by atoms with E-state index in [9.17, 15) is 4.79 Å². The lowest BCUT2D eigenvalue weighted by Crippen LogP contribution is -2.25. The van der Waals surface area contributed by atoms with Crippen LogP contribution in [0.2, 0.25) is 10.0 Å². The number of hydrogen-bond donors (Lipinski definition) is 0. The number of benzene rings is 1. The Morgan fingerprint density at radius 1 is 1.36 bits per heavy atom. The number of nitrogens with zero attached hydrogens (tertiary/aromatic N) is 1. The van der Waals surface area contributed by atoms with Gasteiger partial charge in [0.2, 0.25) is 0 Å². The fraction of sp³-hybridized carbons (Fsp3) is 0.333. The molecule has 0 bridgehead atoms. The third-order valence-corrected chi connectivity index (χ3v) is 5.52. The molecule has 0 saturated carbocycles. The Labute approximate surface area is 147 Å². The molecule has 7 heteroatoms. The molecule has 0 N–H and O–H groups in total. The Hall–Kier alpha value is -0.720. The standard InChI is InChI=1S/C15H13Cl2NO2S2/c16-9-3-4-11(12(17)6-9)13-7-14(19)18(15(21)22-13)8-10-2-1-5-20-10/h3-4,6-7,10H,1-2,5,8H2. The van der Waals surface area contributed by atoms with Crippen LogP contribution in [0.4, 0.5) is 0 Å². The fourth-order valence-electron chi connectivity index (χ4n) is 2.44. The van der Waals surface area contributed by atoms with Crippen molar-refractivity contribution >= 4 is 46.8 Å². The molecule has 1 atom stereocenters. The smallest absolute Gasteiger partial charge is 0.253 e. The van der Waals surface area contributed by atoms with E-state index in [-0.39, 0.29) is 11.7 Å². The fourth-order valence-corrected chi connectivity index (χ4v) is 4.35. The molecule has 3 rings (SSSR count). The van der Waals surface area contributed by atoms with Gasteiger partial charge in [0.05, 0.1) is 17.7 Å². The highest BCUT2D eigenvalue weighted by Gasteiger charge is 2.18. The van der Waals surface area contributed by atoms with E-state index in [1.54, 1.807) is 28.8 Å². The van der Waals surface area contributed by atoms with Gasteiger partial charge in [-0.2, -0.15) is 0 Å². The molecule has 3 nitrogen and oxygen atoms in total. The first-order valence-corrected chi connectivity index (χ1v) is 8.84. The van der Waals surface area contributed by atoms with E-state index in [0.717, 1.165) is 29.9 Å². The summed E-state index contributed by atoms with van der Waals surface area (Å²) in [5, 5.41) is 1.07. The van der Waals surface area contributed by atoms with E-state index >= 15 is 0 Å². The van der Waals surface area contributed by atoms with Crippen molar-refractivity contribution in [3.63, 3.8) is 0 Å². The SMILES string of the molecule is O=c1cc(-c2ccc(Cl)cc2Cl)sc(=S)n1CC1CCCO1. The van der Waals surface area contributed by atoms with Crippen LogP contribution in [0, 0.1) is 3.95 Å². The monoisotopic (exact) mass is 373 g/mol. The topological polar surface area (TPSA) is 31.2 Å². The van der Waals surface area contributed by atoms with Gasteiger partial charge in [0, 0.05) is 28.1 Å². The zero-order chi connectivity index (χ0) is 15.7.